The van der Waals surface area contributed by atoms with Crippen LogP contribution in [0.3, 0.4) is 0 Å². The fourth-order valence-corrected chi connectivity index (χ4v) is 8.50. The summed E-state index contributed by atoms with van der Waals surface area (Å²) < 4.78 is 30.2. The first-order valence-corrected chi connectivity index (χ1v) is 17.6. The van der Waals surface area contributed by atoms with Crippen LogP contribution >= 0.6 is 34.8 Å². The van der Waals surface area contributed by atoms with Crippen LogP contribution in [0.5, 0.6) is 0 Å². The average Bonchev–Trinajstić information content (AvgIpc) is 3.01. The molecule has 0 bridgehead atoms. The zero-order valence-corrected chi connectivity index (χ0v) is 29.2. The number of hydrogen-bond acceptors (Lipinski definition) is 7. The molecule has 0 unspecified atom stereocenters. The van der Waals surface area contributed by atoms with Gasteiger partial charge in [-0.1, -0.05) is 27.7 Å². The SMILES string of the molecule is CC1(C)CCN2CCC(C)(C)c3c2c1cc1c(-c2cc4c(cc2F)NCCS4)c2ccc(=[N+](CCO)CCOOI)cc-2oc31. The van der Waals surface area contributed by atoms with Crippen LogP contribution in [0.4, 0.5) is 15.8 Å². The quantitative estimate of drug-likeness (QED) is 0.0523. The predicted molar refractivity (Wildman–Crippen MR) is 188 cm³/mol. The van der Waals surface area contributed by atoms with Gasteiger partial charge >= 0.3 is 0 Å². The first-order valence-electron chi connectivity index (χ1n) is 15.8. The van der Waals surface area contributed by atoms with Crippen molar-refractivity contribution in [3.05, 3.63) is 58.7 Å². The number of anilines is 2. The van der Waals surface area contributed by atoms with Crippen molar-refractivity contribution < 1.29 is 22.0 Å². The van der Waals surface area contributed by atoms with Crippen LogP contribution in [0.1, 0.15) is 51.7 Å². The summed E-state index contributed by atoms with van der Waals surface area (Å²) in [5.41, 5.74) is 7.68. The molecule has 0 atom stereocenters. The number of thioether (sulfide) groups is 1. The van der Waals surface area contributed by atoms with E-state index in [2.05, 4.69) is 44.0 Å². The molecule has 5 aliphatic rings. The molecule has 0 spiro atoms. The second kappa shape index (κ2) is 12.0. The van der Waals surface area contributed by atoms with Crippen molar-refractivity contribution in [1.82, 2.24) is 4.58 Å². The lowest BCUT2D eigenvalue weighted by Gasteiger charge is -2.48. The van der Waals surface area contributed by atoms with Crippen molar-refractivity contribution in [3.8, 4) is 22.5 Å². The molecule has 4 heterocycles. The average molecular weight is 745 g/mol. The summed E-state index contributed by atoms with van der Waals surface area (Å²) in [6.45, 7) is 13.4. The van der Waals surface area contributed by atoms with Gasteiger partial charge in [0.05, 0.1) is 11.8 Å². The molecule has 0 radical (unpaired) electrons. The Bertz CT molecular complexity index is 1840. The monoisotopic (exact) mass is 744 g/mol. The third-order valence-corrected chi connectivity index (χ3v) is 11.3. The summed E-state index contributed by atoms with van der Waals surface area (Å²) >= 11 is 3.47. The zero-order chi connectivity index (χ0) is 31.5. The molecule has 7 rings (SSSR count). The second-order valence-electron chi connectivity index (χ2n) is 13.6. The molecular formula is C35H40FIN3O4S+. The van der Waals surface area contributed by atoms with Crippen molar-refractivity contribution in [1.29, 1.82) is 0 Å². The molecule has 0 aromatic heterocycles. The third-order valence-electron chi connectivity index (χ3n) is 9.94. The number of nitrogens with one attached hydrogen (secondary N) is 1. The Labute approximate surface area is 281 Å². The maximum absolute atomic E-state index is 16.3. The lowest BCUT2D eigenvalue weighted by molar-refractivity contribution is -0.164. The predicted octanol–water partition coefficient (Wildman–Crippen LogP) is 7.09. The summed E-state index contributed by atoms with van der Waals surface area (Å²) in [6, 6.07) is 12.1. The van der Waals surface area contributed by atoms with Crippen molar-refractivity contribution in [2.75, 3.05) is 61.9 Å². The molecule has 0 saturated heterocycles. The fourth-order valence-electron chi connectivity index (χ4n) is 7.41. The Hall–Kier alpha value is -2.38. The van der Waals surface area contributed by atoms with E-state index in [1.165, 1.54) is 16.8 Å². The summed E-state index contributed by atoms with van der Waals surface area (Å²) in [5, 5.41) is 15.1. The van der Waals surface area contributed by atoms with Crippen molar-refractivity contribution in [3.63, 3.8) is 0 Å². The van der Waals surface area contributed by atoms with Gasteiger partial charge in [0.2, 0.25) is 5.36 Å². The number of aliphatic hydroxyl groups is 1. The summed E-state index contributed by atoms with van der Waals surface area (Å²) in [6.07, 6.45) is 2.08. The van der Waals surface area contributed by atoms with E-state index >= 15 is 4.39 Å². The van der Waals surface area contributed by atoms with Gasteiger partial charge in [0.25, 0.3) is 0 Å². The zero-order valence-electron chi connectivity index (χ0n) is 26.3. The number of nitrogens with zero attached hydrogens (tertiary/aromatic N) is 2. The topological polar surface area (TPSA) is 70.1 Å². The molecule has 1 aliphatic carbocycles. The van der Waals surface area contributed by atoms with E-state index in [4.69, 9.17) is 12.5 Å². The molecule has 0 saturated carbocycles. The molecule has 0 amide bonds. The lowest BCUT2D eigenvalue weighted by atomic mass is 9.68. The van der Waals surface area contributed by atoms with Crippen molar-refractivity contribution in [2.45, 2.75) is 56.3 Å². The van der Waals surface area contributed by atoms with Crippen LogP contribution < -0.4 is 20.1 Å². The second-order valence-corrected chi connectivity index (χ2v) is 15.1. The van der Waals surface area contributed by atoms with Crippen LogP contribution in [0.2, 0.25) is 0 Å². The number of fused-ring (bicyclic) bond motifs is 4. The van der Waals surface area contributed by atoms with Gasteiger partial charge in [-0.2, -0.15) is 3.22 Å². The highest BCUT2D eigenvalue weighted by Gasteiger charge is 2.42. The number of aliphatic hydroxyl groups excluding tert-OH is 1. The Morgan fingerprint density at radius 2 is 1.87 bits per heavy atom. The van der Waals surface area contributed by atoms with Crippen molar-refractivity contribution in [2.24, 2.45) is 0 Å². The molecular weight excluding hydrogens is 704 g/mol. The van der Waals surface area contributed by atoms with Gasteiger partial charge in [0.15, 0.2) is 36.1 Å². The normalized spacial score (nSPS) is 18.9. The first kappa shape index (κ1) is 31.2. The smallest absolute Gasteiger partial charge is 0.203 e. The Kier molecular flexibility index (Phi) is 8.33. The van der Waals surface area contributed by atoms with Crippen LogP contribution in [0.25, 0.3) is 33.4 Å². The molecule has 0 fully saturated rings. The highest BCUT2D eigenvalue weighted by atomic mass is 127. The Morgan fingerprint density at radius 1 is 1.07 bits per heavy atom. The van der Waals surface area contributed by atoms with Gasteiger partial charge in [-0.25, -0.2) is 13.9 Å². The van der Waals surface area contributed by atoms with Crippen LogP contribution in [0.15, 0.2) is 45.7 Å². The molecule has 7 nitrogen and oxygen atoms in total. The molecule has 45 heavy (non-hydrogen) atoms. The minimum atomic E-state index is -0.244. The van der Waals surface area contributed by atoms with Gasteiger partial charge in [0, 0.05) is 69.7 Å². The highest BCUT2D eigenvalue weighted by molar-refractivity contribution is 14.1. The molecule has 238 valence electrons. The largest absolute Gasteiger partial charge is 0.455 e. The van der Waals surface area contributed by atoms with E-state index in [1.807, 2.05) is 28.8 Å². The molecule has 2 aromatic rings. The molecule has 4 aliphatic heterocycles. The van der Waals surface area contributed by atoms with Crippen molar-refractivity contribution >= 4 is 57.1 Å². The summed E-state index contributed by atoms with van der Waals surface area (Å²) in [7, 11) is 0. The fraction of sp³-hybridized carbons (Fsp3) is 0.457. The molecule has 2 aromatic carbocycles. The number of hydrogen-bond donors (Lipinski definition) is 2. The minimum Gasteiger partial charge on any atom is -0.455 e. The Morgan fingerprint density at radius 3 is 2.64 bits per heavy atom. The van der Waals surface area contributed by atoms with Crippen LogP contribution in [-0.2, 0) is 18.9 Å². The molecule has 2 N–H and O–H groups in total. The van der Waals surface area contributed by atoms with Gasteiger partial charge in [0.1, 0.15) is 30.4 Å². The van der Waals surface area contributed by atoms with E-state index in [0.29, 0.717) is 31.0 Å². The van der Waals surface area contributed by atoms with E-state index in [1.54, 1.807) is 40.8 Å². The maximum Gasteiger partial charge on any atom is 0.203 e. The summed E-state index contributed by atoms with van der Waals surface area (Å²) in [5.74, 6) is 1.38. The third kappa shape index (κ3) is 5.44. The Balaban J connectivity index is 1.61. The maximum atomic E-state index is 16.3. The minimum absolute atomic E-state index is 0.00856. The van der Waals surface area contributed by atoms with Crippen LogP contribution in [-0.4, -0.2) is 56.8 Å². The lowest BCUT2D eigenvalue weighted by Crippen LogP contribution is -2.44. The van der Waals surface area contributed by atoms with Crippen LogP contribution in [0, 0.1) is 5.82 Å². The van der Waals surface area contributed by atoms with E-state index in [0.717, 1.165) is 76.3 Å². The number of benzene rings is 3. The number of halogens is 2. The van der Waals surface area contributed by atoms with Gasteiger partial charge in [-0.3, -0.25) is 0 Å². The van der Waals surface area contributed by atoms with Gasteiger partial charge in [-0.05, 0) is 53.5 Å². The van der Waals surface area contributed by atoms with E-state index < -0.39 is 0 Å². The standard InChI is InChI=1S/C35H39FIN3O4S/c1-34(2)7-10-40-11-8-35(3,4)31-32(40)25(34)18-24-30(23-19-29-27(20-26(23)36)38-9-16-45-29)22-6-5-21(17-28(22)43-33(24)31)39(12-14-41)13-15-42-44-37/h5-6,17-20,41H,7-16H2,1-4H3/p+1. The number of rotatable bonds is 7. The van der Waals surface area contributed by atoms with Gasteiger partial charge in [-0.15, -0.1) is 11.8 Å². The van der Waals surface area contributed by atoms with E-state index in [-0.39, 0.29) is 23.3 Å². The van der Waals surface area contributed by atoms with Gasteiger partial charge < -0.3 is 19.7 Å². The first-order chi connectivity index (χ1) is 21.6. The summed E-state index contributed by atoms with van der Waals surface area (Å²) in [4.78, 5) is 8.74. The van der Waals surface area contributed by atoms with E-state index in [9.17, 15) is 5.11 Å². The molecule has 10 heteroatoms. The highest BCUT2D eigenvalue weighted by Crippen LogP contribution is 2.55.